The first kappa shape index (κ1) is 29.0. The molecule has 0 aliphatic heterocycles. The Hall–Kier alpha value is -1.19. The molecule has 1 heterocycles. The van der Waals surface area contributed by atoms with Crippen molar-refractivity contribution in [3.05, 3.63) is 51.0 Å². The molecule has 0 bridgehead atoms. The summed E-state index contributed by atoms with van der Waals surface area (Å²) in [5.74, 6) is -0.891. The number of esters is 1. The second-order valence-electron chi connectivity index (χ2n) is 9.70. The maximum absolute atomic E-state index is 12.7. The molecule has 0 saturated carbocycles. The molecule has 2 aromatic rings. The van der Waals surface area contributed by atoms with Crippen LogP contribution in [0.15, 0.2) is 29.0 Å². The molecule has 0 aliphatic carbocycles. The molecule has 190 valence electrons. The molecule has 34 heavy (non-hydrogen) atoms. The fraction of sp³-hybridized carbons (Fsp3) is 0.600. The van der Waals surface area contributed by atoms with Crippen molar-refractivity contribution in [3.8, 4) is 0 Å². The summed E-state index contributed by atoms with van der Waals surface area (Å²) in [6.07, 6.45) is -1.56. The fourth-order valence-corrected chi connectivity index (χ4v) is 11.3. The van der Waals surface area contributed by atoms with E-state index in [2.05, 4.69) is 67.4 Å². The minimum absolute atomic E-state index is 0.198. The molecule has 3 unspecified atom stereocenters. The van der Waals surface area contributed by atoms with Gasteiger partial charge < -0.3 is 19.3 Å². The number of halogens is 2. The van der Waals surface area contributed by atoms with Crippen LogP contribution in [-0.2, 0) is 9.16 Å². The number of aliphatic hydroxyl groups excluding tert-OH is 1. The van der Waals surface area contributed by atoms with Crippen molar-refractivity contribution < 1.29 is 19.1 Å². The zero-order chi connectivity index (χ0) is 25.8. The lowest BCUT2D eigenvalue weighted by Crippen LogP contribution is -2.52. The molecule has 3 atom stereocenters. The van der Waals surface area contributed by atoms with Gasteiger partial charge in [0.05, 0.1) is 18.4 Å². The number of carbonyl (C=O) groups is 1. The van der Waals surface area contributed by atoms with Crippen LogP contribution < -0.4 is 0 Å². The van der Waals surface area contributed by atoms with Gasteiger partial charge in [0.2, 0.25) is 8.32 Å². The number of H-pyrrole nitrogens is 1. The van der Waals surface area contributed by atoms with Crippen molar-refractivity contribution in [3.63, 3.8) is 0 Å². The first-order chi connectivity index (χ1) is 15.9. The standard InChI is InChI=1S/C25H38BrClN2O4Si/c1-9-32-24(31)21-20(28-25(26)29-21)17(8)23(22(30)18-10-12-19(27)13-11-18)33-34(14(2)3,15(4)5)16(6)7/h10-17,22-23,30H,9H2,1-8H3,(H,28,29). The van der Waals surface area contributed by atoms with E-state index in [-0.39, 0.29) is 18.2 Å². The SMILES string of the molecule is CCOC(=O)c1nc(Br)[nH]c1C(C)C(O[Si](C(C)C)(C(C)C)C(C)C)C(O)c1ccc(Cl)cc1. The van der Waals surface area contributed by atoms with Crippen molar-refractivity contribution in [2.45, 2.75) is 90.1 Å². The summed E-state index contributed by atoms with van der Waals surface area (Å²) < 4.78 is 12.8. The molecular weight excluding hydrogens is 536 g/mol. The van der Waals surface area contributed by atoms with Gasteiger partial charge in [-0.25, -0.2) is 9.78 Å². The highest BCUT2D eigenvalue weighted by Crippen LogP contribution is 2.46. The normalized spacial score (nSPS) is 15.1. The van der Waals surface area contributed by atoms with Gasteiger partial charge in [-0.15, -0.1) is 0 Å². The predicted octanol–water partition coefficient (Wildman–Crippen LogP) is 7.40. The Morgan fingerprint density at radius 3 is 2.09 bits per heavy atom. The van der Waals surface area contributed by atoms with Crippen LogP contribution in [0.3, 0.4) is 0 Å². The van der Waals surface area contributed by atoms with Crippen molar-refractivity contribution in [2.24, 2.45) is 0 Å². The molecule has 0 aliphatic rings. The van der Waals surface area contributed by atoms with Gasteiger partial charge in [0.25, 0.3) is 0 Å². The Morgan fingerprint density at radius 2 is 1.62 bits per heavy atom. The number of benzene rings is 1. The maximum atomic E-state index is 12.7. The zero-order valence-electron chi connectivity index (χ0n) is 21.4. The summed E-state index contributed by atoms with van der Waals surface area (Å²) in [6.45, 7) is 17.2. The molecule has 0 fully saturated rings. The van der Waals surface area contributed by atoms with Crippen LogP contribution in [0, 0.1) is 0 Å². The lowest BCUT2D eigenvalue weighted by atomic mass is 9.91. The Morgan fingerprint density at radius 1 is 1.09 bits per heavy atom. The molecule has 2 rings (SSSR count). The summed E-state index contributed by atoms with van der Waals surface area (Å²) in [7, 11) is -2.39. The highest BCUT2D eigenvalue weighted by molar-refractivity contribution is 9.10. The van der Waals surface area contributed by atoms with Gasteiger partial charge in [0, 0.05) is 10.9 Å². The van der Waals surface area contributed by atoms with E-state index in [1.807, 2.05) is 19.1 Å². The zero-order valence-corrected chi connectivity index (χ0v) is 24.7. The van der Waals surface area contributed by atoms with E-state index in [0.29, 0.717) is 37.6 Å². The molecule has 9 heteroatoms. The van der Waals surface area contributed by atoms with Crippen LogP contribution >= 0.6 is 27.5 Å². The van der Waals surface area contributed by atoms with Crippen LogP contribution in [0.25, 0.3) is 0 Å². The molecule has 1 aromatic heterocycles. The van der Waals surface area contributed by atoms with Crippen LogP contribution in [-0.4, -0.2) is 42.1 Å². The second kappa shape index (κ2) is 12.2. The topological polar surface area (TPSA) is 84.4 Å². The monoisotopic (exact) mass is 572 g/mol. The molecule has 2 N–H and O–H groups in total. The molecule has 6 nitrogen and oxygen atoms in total. The van der Waals surface area contributed by atoms with E-state index in [1.54, 1.807) is 19.1 Å². The number of ether oxygens (including phenoxy) is 1. The maximum Gasteiger partial charge on any atom is 0.358 e. The third-order valence-electron chi connectivity index (χ3n) is 6.69. The van der Waals surface area contributed by atoms with Gasteiger partial charge in [0.1, 0.15) is 6.10 Å². The van der Waals surface area contributed by atoms with Gasteiger partial charge >= 0.3 is 5.97 Å². The number of aromatic amines is 1. The van der Waals surface area contributed by atoms with Gasteiger partial charge in [0.15, 0.2) is 10.4 Å². The number of hydrogen-bond acceptors (Lipinski definition) is 5. The van der Waals surface area contributed by atoms with Crippen LogP contribution in [0.4, 0.5) is 0 Å². The van der Waals surface area contributed by atoms with Crippen LogP contribution in [0.1, 0.15) is 89.2 Å². The highest BCUT2D eigenvalue weighted by atomic mass is 79.9. The number of aromatic nitrogens is 2. The van der Waals surface area contributed by atoms with Gasteiger partial charge in [-0.05, 0) is 57.2 Å². The Balaban J connectivity index is 2.64. The quantitative estimate of drug-likeness (QED) is 0.216. The summed E-state index contributed by atoms with van der Waals surface area (Å²) in [5.41, 5.74) is 2.43. The summed E-state index contributed by atoms with van der Waals surface area (Å²) >= 11 is 9.45. The molecule has 0 spiro atoms. The predicted molar refractivity (Wildman–Crippen MR) is 143 cm³/mol. The van der Waals surface area contributed by atoms with Gasteiger partial charge in [-0.1, -0.05) is 72.2 Å². The highest BCUT2D eigenvalue weighted by Gasteiger charge is 2.49. The fourth-order valence-electron chi connectivity index (χ4n) is 5.14. The summed E-state index contributed by atoms with van der Waals surface area (Å²) in [5, 5.41) is 12.2. The van der Waals surface area contributed by atoms with E-state index in [9.17, 15) is 9.90 Å². The Kier molecular flexibility index (Phi) is 10.4. The molecule has 1 aromatic carbocycles. The van der Waals surface area contributed by atoms with Gasteiger partial charge in [-0.3, -0.25) is 0 Å². The van der Waals surface area contributed by atoms with E-state index in [4.69, 9.17) is 20.8 Å². The van der Waals surface area contributed by atoms with Crippen molar-refractivity contribution in [2.75, 3.05) is 6.61 Å². The number of carbonyl (C=O) groups excluding carboxylic acids is 1. The molecular formula is C25H38BrClN2O4Si. The largest absolute Gasteiger partial charge is 0.461 e. The minimum Gasteiger partial charge on any atom is -0.461 e. The first-order valence-corrected chi connectivity index (χ1v) is 15.2. The van der Waals surface area contributed by atoms with Crippen LogP contribution in [0.5, 0.6) is 0 Å². The van der Waals surface area contributed by atoms with E-state index in [0.717, 1.165) is 0 Å². The first-order valence-electron chi connectivity index (χ1n) is 11.9. The average Bonchev–Trinajstić information content (AvgIpc) is 3.15. The summed E-state index contributed by atoms with van der Waals surface area (Å²) in [4.78, 5) is 20.1. The number of nitrogens with one attached hydrogen (secondary N) is 1. The Labute approximate surface area is 218 Å². The summed E-state index contributed by atoms with van der Waals surface area (Å²) in [6, 6.07) is 7.15. The third kappa shape index (κ3) is 6.13. The average molecular weight is 574 g/mol. The number of nitrogens with zero attached hydrogens (tertiary/aromatic N) is 1. The smallest absolute Gasteiger partial charge is 0.358 e. The second-order valence-corrected chi connectivity index (χ2v) is 16.3. The van der Waals surface area contributed by atoms with Crippen molar-refractivity contribution in [1.29, 1.82) is 0 Å². The minimum atomic E-state index is -2.39. The molecule has 0 radical (unpaired) electrons. The third-order valence-corrected chi connectivity index (χ3v) is 13.4. The van der Waals surface area contributed by atoms with Crippen molar-refractivity contribution in [1.82, 2.24) is 9.97 Å². The van der Waals surface area contributed by atoms with Gasteiger partial charge in [-0.2, -0.15) is 0 Å². The molecule has 0 amide bonds. The van der Waals surface area contributed by atoms with E-state index < -0.39 is 26.5 Å². The number of rotatable bonds is 11. The number of hydrogen-bond donors (Lipinski definition) is 2. The Bertz CT molecular complexity index is 927. The lowest BCUT2D eigenvalue weighted by molar-refractivity contribution is 0.00922. The number of aliphatic hydroxyl groups is 1. The van der Waals surface area contributed by atoms with Crippen LogP contribution in [0.2, 0.25) is 21.6 Å². The number of imidazole rings is 1. The van der Waals surface area contributed by atoms with E-state index in [1.165, 1.54) is 0 Å². The lowest BCUT2D eigenvalue weighted by Gasteiger charge is -2.46. The van der Waals surface area contributed by atoms with E-state index >= 15 is 0 Å². The molecule has 0 saturated heterocycles. The van der Waals surface area contributed by atoms with Crippen molar-refractivity contribution >= 4 is 41.8 Å².